The number of benzene rings is 1. The van der Waals surface area contributed by atoms with Gasteiger partial charge in [0.2, 0.25) is 0 Å². The Hall–Kier alpha value is -1.87. The van der Waals surface area contributed by atoms with Gasteiger partial charge in [-0.15, -0.1) is 0 Å². The molecule has 3 nitrogen and oxygen atoms in total. The third-order valence-corrected chi connectivity index (χ3v) is 3.01. The fraction of sp³-hybridized carbons (Fsp3) is 0.312. The van der Waals surface area contributed by atoms with Crippen molar-refractivity contribution in [1.29, 1.82) is 0 Å². The summed E-state index contributed by atoms with van der Waals surface area (Å²) in [4.78, 5) is 4.15. The first kappa shape index (κ1) is 13.6. The van der Waals surface area contributed by atoms with Gasteiger partial charge >= 0.3 is 0 Å². The summed E-state index contributed by atoms with van der Waals surface area (Å²) in [5.74, 6) is 1.74. The number of nitrogens with one attached hydrogen (secondary N) is 1. The highest BCUT2D eigenvalue weighted by Gasteiger charge is 2.07. The molecule has 0 radical (unpaired) electrons. The quantitative estimate of drug-likeness (QED) is 0.858. The van der Waals surface area contributed by atoms with E-state index in [9.17, 15) is 0 Å². The zero-order valence-corrected chi connectivity index (χ0v) is 11.5. The van der Waals surface area contributed by atoms with Gasteiger partial charge < -0.3 is 10.1 Å². The Balaban J connectivity index is 2.22. The summed E-state index contributed by atoms with van der Waals surface area (Å²) >= 11 is 0. The highest BCUT2D eigenvalue weighted by molar-refractivity contribution is 5.40. The summed E-state index contributed by atoms with van der Waals surface area (Å²) in [5, 5.41) is 3.31. The number of aryl methyl sites for hydroxylation is 1. The Morgan fingerprint density at radius 2 is 1.89 bits per heavy atom. The van der Waals surface area contributed by atoms with Crippen molar-refractivity contribution in [3.05, 3.63) is 53.9 Å². The minimum atomic E-state index is 0.794. The number of hydrogen-bond acceptors (Lipinski definition) is 3. The highest BCUT2D eigenvalue weighted by atomic mass is 16.5. The van der Waals surface area contributed by atoms with Crippen LogP contribution in [0.2, 0.25) is 0 Å². The maximum atomic E-state index is 6.03. The lowest BCUT2D eigenvalue weighted by atomic mass is 10.1. The van der Waals surface area contributed by atoms with Gasteiger partial charge in [0.25, 0.3) is 0 Å². The second kappa shape index (κ2) is 6.90. The first-order valence-corrected chi connectivity index (χ1v) is 6.74. The fourth-order valence-electron chi connectivity index (χ4n) is 1.92. The number of rotatable bonds is 6. The molecule has 0 aliphatic carbocycles. The first-order valence-electron chi connectivity index (χ1n) is 6.74. The average Bonchev–Trinajstić information content (AvgIpc) is 2.47. The van der Waals surface area contributed by atoms with Gasteiger partial charge in [-0.3, -0.25) is 4.98 Å². The number of para-hydroxylation sites is 1. The third-order valence-electron chi connectivity index (χ3n) is 3.01. The molecule has 0 fully saturated rings. The number of pyridine rings is 1. The van der Waals surface area contributed by atoms with E-state index in [-0.39, 0.29) is 0 Å². The topological polar surface area (TPSA) is 34.2 Å². The average molecular weight is 256 g/mol. The van der Waals surface area contributed by atoms with Crippen LogP contribution in [0.5, 0.6) is 11.5 Å². The van der Waals surface area contributed by atoms with E-state index >= 15 is 0 Å². The van der Waals surface area contributed by atoms with E-state index in [4.69, 9.17) is 4.74 Å². The van der Waals surface area contributed by atoms with Crippen molar-refractivity contribution in [2.75, 3.05) is 6.54 Å². The Kier molecular flexibility index (Phi) is 4.93. The number of nitrogens with zero attached hydrogens (tertiary/aromatic N) is 1. The molecule has 3 heteroatoms. The summed E-state index contributed by atoms with van der Waals surface area (Å²) in [7, 11) is 0. The van der Waals surface area contributed by atoms with Crippen molar-refractivity contribution in [3.8, 4) is 11.5 Å². The van der Waals surface area contributed by atoms with Crippen LogP contribution in [0, 0.1) is 0 Å². The molecular formula is C16H20N2O. The standard InChI is InChI=1S/C16H20N2O/c1-3-13-7-5-6-8-15(13)19-16-12-18-10-9-14(16)11-17-4-2/h5-10,12,17H,3-4,11H2,1-2H3. The fourth-order valence-corrected chi connectivity index (χ4v) is 1.92. The summed E-state index contributed by atoms with van der Waals surface area (Å²) in [6, 6.07) is 10.1. The summed E-state index contributed by atoms with van der Waals surface area (Å²) in [6.07, 6.45) is 4.53. The van der Waals surface area contributed by atoms with Crippen LogP contribution in [0.1, 0.15) is 25.0 Å². The molecule has 0 bridgehead atoms. The lowest BCUT2D eigenvalue weighted by molar-refractivity contribution is 0.465. The lowest BCUT2D eigenvalue weighted by Gasteiger charge is -2.13. The third kappa shape index (κ3) is 3.55. The summed E-state index contributed by atoms with van der Waals surface area (Å²) < 4.78 is 6.03. The van der Waals surface area contributed by atoms with Crippen molar-refractivity contribution < 1.29 is 4.74 Å². The van der Waals surface area contributed by atoms with E-state index in [0.29, 0.717) is 0 Å². The second-order valence-corrected chi connectivity index (χ2v) is 4.33. The molecule has 19 heavy (non-hydrogen) atoms. The van der Waals surface area contributed by atoms with E-state index in [0.717, 1.165) is 36.6 Å². The van der Waals surface area contributed by atoms with Gasteiger partial charge in [-0.2, -0.15) is 0 Å². The van der Waals surface area contributed by atoms with Gasteiger partial charge in [0.15, 0.2) is 0 Å². The maximum absolute atomic E-state index is 6.03. The van der Waals surface area contributed by atoms with Crippen molar-refractivity contribution in [3.63, 3.8) is 0 Å². The minimum absolute atomic E-state index is 0.794. The molecule has 0 saturated heterocycles. The van der Waals surface area contributed by atoms with Gasteiger partial charge in [-0.25, -0.2) is 0 Å². The normalized spacial score (nSPS) is 10.4. The smallest absolute Gasteiger partial charge is 0.150 e. The Labute approximate surface area is 114 Å². The van der Waals surface area contributed by atoms with E-state index in [2.05, 4.69) is 30.2 Å². The largest absolute Gasteiger partial charge is 0.455 e. The molecule has 0 amide bonds. The van der Waals surface area contributed by atoms with Gasteiger partial charge in [0, 0.05) is 18.3 Å². The number of aromatic nitrogens is 1. The lowest BCUT2D eigenvalue weighted by Crippen LogP contribution is -2.12. The monoisotopic (exact) mass is 256 g/mol. The number of ether oxygens (including phenoxy) is 1. The molecule has 1 N–H and O–H groups in total. The molecule has 0 aliphatic rings. The van der Waals surface area contributed by atoms with Gasteiger partial charge in [-0.1, -0.05) is 32.0 Å². The number of hydrogen-bond donors (Lipinski definition) is 1. The van der Waals surface area contributed by atoms with Gasteiger partial charge in [-0.05, 0) is 30.7 Å². The van der Waals surface area contributed by atoms with Crippen molar-refractivity contribution in [2.24, 2.45) is 0 Å². The molecule has 1 heterocycles. The van der Waals surface area contributed by atoms with Crippen LogP contribution in [0.4, 0.5) is 0 Å². The van der Waals surface area contributed by atoms with E-state index < -0.39 is 0 Å². The van der Waals surface area contributed by atoms with Crippen molar-refractivity contribution in [1.82, 2.24) is 10.3 Å². The molecule has 0 saturated carbocycles. The molecule has 2 rings (SSSR count). The minimum Gasteiger partial charge on any atom is -0.455 e. The van der Waals surface area contributed by atoms with Gasteiger partial charge in [0.1, 0.15) is 11.5 Å². The molecule has 0 atom stereocenters. The van der Waals surface area contributed by atoms with Gasteiger partial charge in [0.05, 0.1) is 6.20 Å². The second-order valence-electron chi connectivity index (χ2n) is 4.33. The van der Waals surface area contributed by atoms with Crippen LogP contribution < -0.4 is 10.1 Å². The Morgan fingerprint density at radius 3 is 2.68 bits per heavy atom. The van der Waals surface area contributed by atoms with Crippen LogP contribution in [0.15, 0.2) is 42.7 Å². The first-order chi connectivity index (χ1) is 9.35. The summed E-state index contributed by atoms with van der Waals surface area (Å²) in [6.45, 7) is 5.95. The molecule has 1 aromatic heterocycles. The van der Waals surface area contributed by atoms with E-state index in [1.54, 1.807) is 12.4 Å². The maximum Gasteiger partial charge on any atom is 0.150 e. The zero-order chi connectivity index (χ0) is 13.5. The van der Waals surface area contributed by atoms with Crippen LogP contribution in [0.3, 0.4) is 0 Å². The Bertz CT molecular complexity index is 526. The molecule has 100 valence electrons. The van der Waals surface area contributed by atoms with Crippen LogP contribution in [-0.2, 0) is 13.0 Å². The van der Waals surface area contributed by atoms with Crippen LogP contribution in [0.25, 0.3) is 0 Å². The predicted octanol–water partition coefficient (Wildman–Crippen LogP) is 3.55. The van der Waals surface area contributed by atoms with Crippen molar-refractivity contribution in [2.45, 2.75) is 26.8 Å². The van der Waals surface area contributed by atoms with Crippen LogP contribution in [-0.4, -0.2) is 11.5 Å². The molecule has 0 spiro atoms. The SMILES string of the molecule is CCNCc1ccncc1Oc1ccccc1CC. The highest BCUT2D eigenvalue weighted by Crippen LogP contribution is 2.27. The molecule has 0 aliphatic heterocycles. The van der Waals surface area contributed by atoms with Crippen molar-refractivity contribution >= 4 is 0 Å². The molecule has 2 aromatic rings. The molecular weight excluding hydrogens is 236 g/mol. The van der Waals surface area contributed by atoms with Crippen LogP contribution >= 0.6 is 0 Å². The van der Waals surface area contributed by atoms with E-state index in [1.165, 1.54) is 5.56 Å². The predicted molar refractivity (Wildman–Crippen MR) is 77.5 cm³/mol. The molecule has 1 aromatic carbocycles. The Morgan fingerprint density at radius 1 is 1.05 bits per heavy atom. The summed E-state index contributed by atoms with van der Waals surface area (Å²) in [5.41, 5.74) is 2.34. The zero-order valence-electron chi connectivity index (χ0n) is 11.5. The van der Waals surface area contributed by atoms with E-state index in [1.807, 2.05) is 24.3 Å². The molecule has 0 unspecified atom stereocenters.